The lowest BCUT2D eigenvalue weighted by Crippen LogP contribution is -2.32. The van der Waals surface area contributed by atoms with Crippen LogP contribution in [0.1, 0.15) is 44.5 Å². The Labute approximate surface area is 116 Å². The van der Waals surface area contributed by atoms with Crippen molar-refractivity contribution in [2.75, 3.05) is 24.3 Å². The first-order valence-electron chi connectivity index (χ1n) is 7.36. The third kappa shape index (κ3) is 2.99. The molecule has 1 unspecified atom stereocenters. The van der Waals surface area contributed by atoms with Crippen LogP contribution >= 0.6 is 0 Å². The molecular formula is C15H26N4. The molecule has 1 aromatic heterocycles. The lowest BCUT2D eigenvalue weighted by atomic mass is 10.1. The van der Waals surface area contributed by atoms with E-state index >= 15 is 0 Å². The number of aryl methyl sites for hydroxylation is 1. The minimum atomic E-state index is 0.563. The molecule has 1 aliphatic rings. The third-order valence-corrected chi connectivity index (χ3v) is 4.13. The predicted molar refractivity (Wildman–Crippen MR) is 80.9 cm³/mol. The van der Waals surface area contributed by atoms with Gasteiger partial charge in [0, 0.05) is 32.1 Å². The van der Waals surface area contributed by atoms with Crippen LogP contribution in [-0.4, -0.2) is 30.1 Å². The second kappa shape index (κ2) is 5.76. The molecule has 4 heteroatoms. The van der Waals surface area contributed by atoms with Gasteiger partial charge in [0.15, 0.2) is 0 Å². The Morgan fingerprint density at radius 1 is 1.37 bits per heavy atom. The fraction of sp³-hybridized carbons (Fsp3) is 0.733. The molecular weight excluding hydrogens is 236 g/mol. The SMILES string of the molecule is CCCc1nc(NC)c(C)c(N(C)C(C)C2CC2)n1. The zero-order valence-electron chi connectivity index (χ0n) is 12.8. The van der Waals surface area contributed by atoms with Crippen LogP contribution in [0, 0.1) is 12.8 Å². The quantitative estimate of drug-likeness (QED) is 0.855. The molecule has 0 spiro atoms. The molecule has 1 fully saturated rings. The second-order valence-electron chi connectivity index (χ2n) is 5.63. The molecule has 1 aromatic rings. The van der Waals surface area contributed by atoms with Gasteiger partial charge in [-0.2, -0.15) is 0 Å². The highest BCUT2D eigenvalue weighted by Gasteiger charge is 2.32. The van der Waals surface area contributed by atoms with Gasteiger partial charge in [-0.05, 0) is 39.0 Å². The summed E-state index contributed by atoms with van der Waals surface area (Å²) in [6.45, 7) is 6.57. The van der Waals surface area contributed by atoms with Gasteiger partial charge in [-0.1, -0.05) is 6.92 Å². The Morgan fingerprint density at radius 2 is 2.05 bits per heavy atom. The van der Waals surface area contributed by atoms with Crippen LogP contribution in [0.2, 0.25) is 0 Å². The lowest BCUT2D eigenvalue weighted by molar-refractivity contribution is 0.600. The molecule has 0 aliphatic heterocycles. The molecule has 19 heavy (non-hydrogen) atoms. The number of hydrogen-bond donors (Lipinski definition) is 1. The van der Waals surface area contributed by atoms with Gasteiger partial charge in [0.05, 0.1) is 0 Å². The van der Waals surface area contributed by atoms with E-state index in [0.717, 1.165) is 41.8 Å². The van der Waals surface area contributed by atoms with E-state index in [1.54, 1.807) is 0 Å². The average molecular weight is 262 g/mol. The van der Waals surface area contributed by atoms with E-state index < -0.39 is 0 Å². The van der Waals surface area contributed by atoms with Crippen molar-refractivity contribution >= 4 is 11.6 Å². The highest BCUT2D eigenvalue weighted by molar-refractivity contribution is 5.58. The first-order chi connectivity index (χ1) is 9.08. The number of rotatable bonds is 6. The molecule has 4 nitrogen and oxygen atoms in total. The van der Waals surface area contributed by atoms with Gasteiger partial charge in [0.1, 0.15) is 17.5 Å². The van der Waals surface area contributed by atoms with Gasteiger partial charge in [0.2, 0.25) is 0 Å². The smallest absolute Gasteiger partial charge is 0.137 e. The second-order valence-corrected chi connectivity index (χ2v) is 5.63. The first-order valence-corrected chi connectivity index (χ1v) is 7.36. The van der Waals surface area contributed by atoms with Gasteiger partial charge in [-0.3, -0.25) is 0 Å². The Balaban J connectivity index is 2.33. The molecule has 106 valence electrons. The molecule has 1 heterocycles. The molecule has 0 amide bonds. The zero-order chi connectivity index (χ0) is 14.0. The summed E-state index contributed by atoms with van der Waals surface area (Å²) in [5.41, 5.74) is 1.15. The van der Waals surface area contributed by atoms with Crippen molar-refractivity contribution < 1.29 is 0 Å². The Kier molecular flexibility index (Phi) is 4.27. The molecule has 1 saturated carbocycles. The fourth-order valence-corrected chi connectivity index (χ4v) is 2.56. The summed E-state index contributed by atoms with van der Waals surface area (Å²) >= 11 is 0. The van der Waals surface area contributed by atoms with E-state index in [-0.39, 0.29) is 0 Å². The molecule has 1 N–H and O–H groups in total. The summed E-state index contributed by atoms with van der Waals surface area (Å²) in [6, 6.07) is 0.563. The zero-order valence-corrected chi connectivity index (χ0v) is 12.8. The molecule has 1 aliphatic carbocycles. The Hall–Kier alpha value is -1.32. The number of aromatic nitrogens is 2. The molecule has 0 radical (unpaired) electrons. The number of nitrogens with zero attached hydrogens (tertiary/aromatic N) is 3. The molecule has 0 aromatic carbocycles. The molecule has 0 bridgehead atoms. The van der Waals surface area contributed by atoms with Gasteiger partial charge >= 0.3 is 0 Å². The fourth-order valence-electron chi connectivity index (χ4n) is 2.56. The Bertz CT molecular complexity index is 440. The van der Waals surface area contributed by atoms with Crippen molar-refractivity contribution in [3.8, 4) is 0 Å². The van der Waals surface area contributed by atoms with Crippen LogP contribution in [0.25, 0.3) is 0 Å². The van der Waals surface area contributed by atoms with Crippen molar-refractivity contribution in [3.63, 3.8) is 0 Å². The van der Waals surface area contributed by atoms with Crippen LogP contribution in [0.3, 0.4) is 0 Å². The van der Waals surface area contributed by atoms with Crippen LogP contribution in [0.5, 0.6) is 0 Å². The maximum absolute atomic E-state index is 4.78. The van der Waals surface area contributed by atoms with Gasteiger partial charge < -0.3 is 10.2 Å². The summed E-state index contributed by atoms with van der Waals surface area (Å²) in [6.07, 6.45) is 4.73. The normalized spacial score (nSPS) is 16.3. The summed E-state index contributed by atoms with van der Waals surface area (Å²) in [7, 11) is 4.09. The van der Waals surface area contributed by atoms with E-state index in [2.05, 4.69) is 43.0 Å². The third-order valence-electron chi connectivity index (χ3n) is 4.13. The standard InChI is InChI=1S/C15H26N4/c1-6-7-13-17-14(16-4)10(2)15(18-13)19(5)11(3)12-8-9-12/h11-12H,6-9H2,1-5H3,(H,16,17,18). The van der Waals surface area contributed by atoms with Crippen LogP contribution in [-0.2, 0) is 6.42 Å². The van der Waals surface area contributed by atoms with E-state index in [4.69, 9.17) is 4.98 Å². The number of nitrogens with one attached hydrogen (secondary N) is 1. The van der Waals surface area contributed by atoms with Crippen molar-refractivity contribution in [3.05, 3.63) is 11.4 Å². The average Bonchev–Trinajstić information content (AvgIpc) is 3.23. The highest BCUT2D eigenvalue weighted by atomic mass is 15.2. The summed E-state index contributed by atoms with van der Waals surface area (Å²) in [5.74, 6) is 3.83. The van der Waals surface area contributed by atoms with E-state index in [0.29, 0.717) is 6.04 Å². The minimum Gasteiger partial charge on any atom is -0.373 e. The Morgan fingerprint density at radius 3 is 2.58 bits per heavy atom. The van der Waals surface area contributed by atoms with E-state index in [9.17, 15) is 0 Å². The van der Waals surface area contributed by atoms with Gasteiger partial charge in [-0.15, -0.1) is 0 Å². The lowest BCUT2D eigenvalue weighted by Gasteiger charge is -2.28. The predicted octanol–water partition coefficient (Wildman–Crippen LogP) is 3.01. The van der Waals surface area contributed by atoms with Crippen molar-refractivity contribution in [1.82, 2.24) is 9.97 Å². The topological polar surface area (TPSA) is 41.1 Å². The summed E-state index contributed by atoms with van der Waals surface area (Å²) < 4.78 is 0. The van der Waals surface area contributed by atoms with Crippen LogP contribution in [0.4, 0.5) is 11.6 Å². The van der Waals surface area contributed by atoms with E-state index in [1.807, 2.05) is 7.05 Å². The largest absolute Gasteiger partial charge is 0.373 e. The summed E-state index contributed by atoms with van der Waals surface area (Å²) in [5, 5.41) is 3.20. The van der Waals surface area contributed by atoms with Crippen molar-refractivity contribution in [2.24, 2.45) is 5.92 Å². The maximum atomic E-state index is 4.78. The number of anilines is 2. The van der Waals surface area contributed by atoms with E-state index in [1.165, 1.54) is 12.8 Å². The molecule has 1 atom stereocenters. The monoisotopic (exact) mass is 262 g/mol. The first kappa shape index (κ1) is 14.1. The maximum Gasteiger partial charge on any atom is 0.137 e. The number of hydrogen-bond acceptors (Lipinski definition) is 4. The van der Waals surface area contributed by atoms with Crippen molar-refractivity contribution in [1.29, 1.82) is 0 Å². The molecule has 0 saturated heterocycles. The van der Waals surface area contributed by atoms with Gasteiger partial charge in [-0.25, -0.2) is 9.97 Å². The van der Waals surface area contributed by atoms with Crippen LogP contribution < -0.4 is 10.2 Å². The van der Waals surface area contributed by atoms with Crippen molar-refractivity contribution in [2.45, 2.75) is 52.5 Å². The summed E-state index contributed by atoms with van der Waals surface area (Å²) in [4.78, 5) is 11.7. The minimum absolute atomic E-state index is 0.563. The van der Waals surface area contributed by atoms with Gasteiger partial charge in [0.25, 0.3) is 0 Å². The molecule has 2 rings (SSSR count). The van der Waals surface area contributed by atoms with Crippen LogP contribution in [0.15, 0.2) is 0 Å². The highest BCUT2D eigenvalue weighted by Crippen LogP contribution is 2.37.